The Labute approximate surface area is 104 Å². The van der Waals surface area contributed by atoms with E-state index in [-0.39, 0.29) is 12.0 Å². The predicted octanol–water partition coefficient (Wildman–Crippen LogP) is 1.39. The van der Waals surface area contributed by atoms with Crippen LogP contribution in [0.3, 0.4) is 0 Å². The lowest BCUT2D eigenvalue weighted by Crippen LogP contribution is -2.47. The molecule has 0 saturated carbocycles. The molecule has 1 heterocycles. The summed E-state index contributed by atoms with van der Waals surface area (Å²) >= 11 is 0. The van der Waals surface area contributed by atoms with Gasteiger partial charge in [0.2, 0.25) is 0 Å². The molecule has 1 saturated heterocycles. The van der Waals surface area contributed by atoms with E-state index < -0.39 is 0 Å². The first kappa shape index (κ1) is 14.5. The lowest BCUT2D eigenvalue weighted by Gasteiger charge is -2.36. The summed E-state index contributed by atoms with van der Waals surface area (Å²) in [4.78, 5) is 13.4. The third kappa shape index (κ3) is 5.50. The zero-order chi connectivity index (χ0) is 12.7. The zero-order valence-corrected chi connectivity index (χ0v) is 11.2. The molecule has 2 N–H and O–H groups in total. The van der Waals surface area contributed by atoms with E-state index in [0.29, 0.717) is 12.3 Å². The fourth-order valence-corrected chi connectivity index (χ4v) is 2.58. The fourth-order valence-electron chi connectivity index (χ4n) is 2.58. The zero-order valence-electron chi connectivity index (χ0n) is 11.2. The molecule has 1 fully saturated rings. The smallest absolute Gasteiger partial charge is 0.306 e. The third-order valence-corrected chi connectivity index (χ3v) is 3.47. The van der Waals surface area contributed by atoms with Crippen LogP contribution in [0.5, 0.6) is 0 Å². The SMILES string of the molecule is CCCCC1CC(N)CN(CCC(=O)OC)C1. The molecule has 1 aliphatic heterocycles. The predicted molar refractivity (Wildman–Crippen MR) is 68.7 cm³/mol. The molecule has 2 unspecified atom stereocenters. The van der Waals surface area contributed by atoms with Crippen LogP contribution < -0.4 is 5.73 Å². The molecule has 0 aromatic heterocycles. The number of nitrogens with zero attached hydrogens (tertiary/aromatic N) is 1. The van der Waals surface area contributed by atoms with E-state index in [1.165, 1.54) is 26.4 Å². The van der Waals surface area contributed by atoms with E-state index in [0.717, 1.165) is 26.1 Å². The maximum atomic E-state index is 11.1. The van der Waals surface area contributed by atoms with Gasteiger partial charge in [0.05, 0.1) is 13.5 Å². The number of likely N-dealkylation sites (tertiary alicyclic amines) is 1. The minimum Gasteiger partial charge on any atom is -0.469 e. The molecule has 4 nitrogen and oxygen atoms in total. The monoisotopic (exact) mass is 242 g/mol. The van der Waals surface area contributed by atoms with E-state index in [9.17, 15) is 4.79 Å². The van der Waals surface area contributed by atoms with E-state index in [4.69, 9.17) is 5.73 Å². The van der Waals surface area contributed by atoms with Crippen LogP contribution in [0.4, 0.5) is 0 Å². The molecule has 17 heavy (non-hydrogen) atoms. The molecular weight excluding hydrogens is 216 g/mol. The van der Waals surface area contributed by atoms with Gasteiger partial charge in [-0.2, -0.15) is 0 Å². The van der Waals surface area contributed by atoms with Gasteiger partial charge in [-0.25, -0.2) is 0 Å². The Morgan fingerprint density at radius 2 is 2.24 bits per heavy atom. The van der Waals surface area contributed by atoms with Gasteiger partial charge in [0.25, 0.3) is 0 Å². The molecule has 4 heteroatoms. The van der Waals surface area contributed by atoms with Gasteiger partial charge in [-0.15, -0.1) is 0 Å². The quantitative estimate of drug-likeness (QED) is 0.715. The molecule has 0 bridgehead atoms. The Bertz CT molecular complexity index is 233. The first-order chi connectivity index (χ1) is 8.15. The van der Waals surface area contributed by atoms with E-state index in [2.05, 4.69) is 16.6 Å². The number of methoxy groups -OCH3 is 1. The highest BCUT2D eigenvalue weighted by Gasteiger charge is 2.24. The minimum atomic E-state index is -0.130. The first-order valence-corrected chi connectivity index (χ1v) is 6.70. The summed E-state index contributed by atoms with van der Waals surface area (Å²) in [6, 6.07) is 0.267. The number of esters is 1. The maximum Gasteiger partial charge on any atom is 0.306 e. The van der Waals surface area contributed by atoms with Crippen molar-refractivity contribution in [3.63, 3.8) is 0 Å². The van der Waals surface area contributed by atoms with Crippen molar-refractivity contribution in [3.8, 4) is 0 Å². The largest absolute Gasteiger partial charge is 0.469 e. The second-order valence-electron chi connectivity index (χ2n) is 5.09. The van der Waals surface area contributed by atoms with E-state index >= 15 is 0 Å². The van der Waals surface area contributed by atoms with Crippen molar-refractivity contribution in [1.29, 1.82) is 0 Å². The summed E-state index contributed by atoms with van der Waals surface area (Å²) in [6.07, 6.45) is 5.40. The van der Waals surface area contributed by atoms with E-state index in [1.807, 2.05) is 0 Å². The molecule has 1 aliphatic rings. The lowest BCUT2D eigenvalue weighted by atomic mass is 9.90. The number of carbonyl (C=O) groups is 1. The molecule has 0 aromatic carbocycles. The lowest BCUT2D eigenvalue weighted by molar-refractivity contribution is -0.141. The van der Waals surface area contributed by atoms with Crippen LogP contribution in [0.15, 0.2) is 0 Å². The molecule has 0 radical (unpaired) electrons. The average Bonchev–Trinajstić information content (AvgIpc) is 2.32. The second kappa shape index (κ2) is 7.67. The standard InChI is InChI=1S/C13H26N2O2/c1-3-4-5-11-8-12(14)10-15(9-11)7-6-13(16)17-2/h11-12H,3-10,14H2,1-2H3. The van der Waals surface area contributed by atoms with E-state index in [1.54, 1.807) is 0 Å². The molecular formula is C13H26N2O2. The Morgan fingerprint density at radius 1 is 1.47 bits per heavy atom. The Kier molecular flexibility index (Phi) is 6.52. The van der Waals surface area contributed by atoms with Gasteiger partial charge in [-0.05, 0) is 18.8 Å². The number of carbonyl (C=O) groups excluding carboxylic acids is 1. The second-order valence-corrected chi connectivity index (χ2v) is 5.09. The Morgan fingerprint density at radius 3 is 2.88 bits per heavy atom. The molecule has 100 valence electrons. The van der Waals surface area contributed by atoms with Crippen molar-refractivity contribution in [2.24, 2.45) is 11.7 Å². The van der Waals surface area contributed by atoms with Gasteiger partial charge < -0.3 is 15.4 Å². The fraction of sp³-hybridized carbons (Fsp3) is 0.923. The molecule has 2 atom stereocenters. The van der Waals surface area contributed by atoms with Gasteiger partial charge in [0.1, 0.15) is 0 Å². The van der Waals surface area contributed by atoms with Crippen LogP contribution in [0.2, 0.25) is 0 Å². The van der Waals surface area contributed by atoms with Crippen LogP contribution in [-0.4, -0.2) is 43.7 Å². The summed E-state index contributed by atoms with van der Waals surface area (Å²) in [5.41, 5.74) is 6.07. The minimum absolute atomic E-state index is 0.130. The number of nitrogens with two attached hydrogens (primary N) is 1. The Hall–Kier alpha value is -0.610. The van der Waals surface area contributed by atoms with Gasteiger partial charge in [0.15, 0.2) is 0 Å². The summed E-state index contributed by atoms with van der Waals surface area (Å²) < 4.78 is 4.66. The van der Waals surface area contributed by atoms with Gasteiger partial charge in [-0.3, -0.25) is 4.79 Å². The number of ether oxygens (including phenoxy) is 1. The van der Waals surface area contributed by atoms with Gasteiger partial charge in [-0.1, -0.05) is 19.8 Å². The van der Waals surface area contributed by atoms with Crippen molar-refractivity contribution < 1.29 is 9.53 Å². The highest BCUT2D eigenvalue weighted by Crippen LogP contribution is 2.21. The van der Waals surface area contributed by atoms with Crippen LogP contribution in [0.1, 0.15) is 39.0 Å². The summed E-state index contributed by atoms with van der Waals surface area (Å²) in [5.74, 6) is 0.575. The van der Waals surface area contributed by atoms with Crippen molar-refractivity contribution >= 4 is 5.97 Å². The average molecular weight is 242 g/mol. The van der Waals surface area contributed by atoms with Crippen LogP contribution >= 0.6 is 0 Å². The topological polar surface area (TPSA) is 55.6 Å². The molecule has 1 rings (SSSR count). The third-order valence-electron chi connectivity index (χ3n) is 3.47. The Balaban J connectivity index is 2.31. The van der Waals surface area contributed by atoms with Gasteiger partial charge >= 0.3 is 5.97 Å². The molecule has 0 amide bonds. The summed E-state index contributed by atoms with van der Waals surface area (Å²) in [6.45, 7) is 5.01. The molecule has 0 aromatic rings. The van der Waals surface area contributed by atoms with Crippen LogP contribution in [0, 0.1) is 5.92 Å². The van der Waals surface area contributed by atoms with Crippen LogP contribution in [-0.2, 0) is 9.53 Å². The summed E-state index contributed by atoms with van der Waals surface area (Å²) in [5, 5.41) is 0. The number of unbranched alkanes of at least 4 members (excludes halogenated alkanes) is 1. The number of hydrogen-bond acceptors (Lipinski definition) is 4. The molecule has 0 spiro atoms. The van der Waals surface area contributed by atoms with Gasteiger partial charge in [0, 0.05) is 25.7 Å². The number of rotatable bonds is 6. The highest BCUT2D eigenvalue weighted by atomic mass is 16.5. The highest BCUT2D eigenvalue weighted by molar-refractivity contribution is 5.69. The van der Waals surface area contributed by atoms with Crippen molar-refractivity contribution in [2.45, 2.75) is 45.1 Å². The van der Waals surface area contributed by atoms with Crippen molar-refractivity contribution in [3.05, 3.63) is 0 Å². The number of hydrogen-bond donors (Lipinski definition) is 1. The van der Waals surface area contributed by atoms with Crippen molar-refractivity contribution in [1.82, 2.24) is 4.90 Å². The summed E-state index contributed by atoms with van der Waals surface area (Å²) in [7, 11) is 1.44. The maximum absolute atomic E-state index is 11.1. The van der Waals surface area contributed by atoms with Crippen LogP contribution in [0.25, 0.3) is 0 Å². The normalized spacial score (nSPS) is 25.8. The molecule has 0 aliphatic carbocycles. The number of piperidine rings is 1. The first-order valence-electron chi connectivity index (χ1n) is 6.70. The van der Waals surface area contributed by atoms with Crippen molar-refractivity contribution in [2.75, 3.05) is 26.7 Å².